The number of aliphatic hydroxyl groups excluding tert-OH is 1. The second-order valence-corrected chi connectivity index (χ2v) is 10.0. The van der Waals surface area contributed by atoms with Gasteiger partial charge in [-0.25, -0.2) is 0 Å². The van der Waals surface area contributed by atoms with E-state index in [1.165, 1.54) is 32.1 Å². The maximum absolute atomic E-state index is 12.0. The van der Waals surface area contributed by atoms with Crippen molar-refractivity contribution in [2.24, 2.45) is 40.4 Å². The Balaban J connectivity index is 1.60. The van der Waals surface area contributed by atoms with Crippen molar-refractivity contribution in [3.8, 4) is 0 Å². The van der Waals surface area contributed by atoms with Crippen molar-refractivity contribution in [3.63, 3.8) is 0 Å². The molecular weight excluding hydrogens is 284 g/mol. The summed E-state index contributed by atoms with van der Waals surface area (Å²) >= 11 is 0. The molecule has 0 heterocycles. The minimum absolute atomic E-state index is 0.0490. The highest BCUT2D eigenvalue weighted by molar-refractivity contribution is 5.78. The quantitative estimate of drug-likeness (QED) is 0.767. The van der Waals surface area contributed by atoms with E-state index in [4.69, 9.17) is 0 Å². The van der Waals surface area contributed by atoms with E-state index in [0.29, 0.717) is 22.5 Å². The third kappa shape index (κ3) is 2.34. The van der Waals surface area contributed by atoms with E-state index in [9.17, 15) is 9.90 Å². The normalized spacial score (nSPS) is 55.7. The fourth-order valence-corrected chi connectivity index (χ4v) is 7.60. The Hall–Kier alpha value is -0.370. The van der Waals surface area contributed by atoms with Crippen LogP contribution in [-0.2, 0) is 4.79 Å². The molecule has 0 radical (unpaired) electrons. The SMILES string of the molecule is CC(=O)[C@@H]1C[C@@H]2[C@H]3CC[C@@H]4C[C@@H](O)CC[C@@]4(C)[C@@H]3CC[C@@]2(C)C1. The fraction of sp³-hybridized carbons (Fsp3) is 0.952. The number of hydrogen-bond acceptors (Lipinski definition) is 2. The van der Waals surface area contributed by atoms with Crippen LogP contribution in [0.1, 0.15) is 78.6 Å². The molecule has 0 saturated heterocycles. The molecule has 4 fully saturated rings. The lowest BCUT2D eigenvalue weighted by molar-refractivity contribution is -0.121. The van der Waals surface area contributed by atoms with Crippen molar-refractivity contribution in [1.29, 1.82) is 0 Å². The molecule has 1 N–H and O–H groups in total. The van der Waals surface area contributed by atoms with Gasteiger partial charge in [0.1, 0.15) is 5.78 Å². The molecule has 2 nitrogen and oxygen atoms in total. The summed E-state index contributed by atoms with van der Waals surface area (Å²) in [6.07, 6.45) is 10.9. The molecule has 0 aromatic carbocycles. The van der Waals surface area contributed by atoms with Crippen LogP contribution in [0.5, 0.6) is 0 Å². The van der Waals surface area contributed by atoms with Crippen LogP contribution >= 0.6 is 0 Å². The van der Waals surface area contributed by atoms with Crippen LogP contribution in [0.2, 0.25) is 0 Å². The maximum atomic E-state index is 12.0. The molecule has 4 aliphatic carbocycles. The number of fused-ring (bicyclic) bond motifs is 5. The Kier molecular flexibility index (Phi) is 3.72. The van der Waals surface area contributed by atoms with Gasteiger partial charge in [0.2, 0.25) is 0 Å². The highest BCUT2D eigenvalue weighted by Gasteiger charge is 2.59. The van der Waals surface area contributed by atoms with Crippen molar-refractivity contribution in [2.45, 2.75) is 84.7 Å². The van der Waals surface area contributed by atoms with Gasteiger partial charge in [0.15, 0.2) is 0 Å². The third-order valence-electron chi connectivity index (χ3n) is 8.98. The van der Waals surface area contributed by atoms with Crippen molar-refractivity contribution < 1.29 is 9.90 Å². The van der Waals surface area contributed by atoms with Gasteiger partial charge < -0.3 is 5.11 Å². The molecule has 2 heteroatoms. The first kappa shape index (κ1) is 16.1. The molecule has 0 bridgehead atoms. The van der Waals surface area contributed by atoms with E-state index >= 15 is 0 Å². The van der Waals surface area contributed by atoms with E-state index < -0.39 is 0 Å². The number of carbonyl (C=O) groups is 1. The van der Waals surface area contributed by atoms with Gasteiger partial charge in [-0.2, -0.15) is 0 Å². The summed E-state index contributed by atoms with van der Waals surface area (Å²) in [5.74, 6) is 3.97. The van der Waals surface area contributed by atoms with E-state index in [1.807, 2.05) is 6.92 Å². The van der Waals surface area contributed by atoms with Gasteiger partial charge in [0.25, 0.3) is 0 Å². The lowest BCUT2D eigenvalue weighted by Crippen LogP contribution is -2.53. The standard InChI is InChI=1S/C21H34O2/c1-13(22)14-10-19-17-5-4-15-11-16(23)6-9-21(15,3)18(17)7-8-20(19,2)12-14/h14-19,23H,4-12H2,1-3H3/t14-,15-,16+,17+,18-,19-,20+,21-/m1/s1. The van der Waals surface area contributed by atoms with E-state index in [2.05, 4.69) is 13.8 Å². The molecule has 130 valence electrons. The van der Waals surface area contributed by atoms with Gasteiger partial charge in [-0.05, 0) is 99.2 Å². The van der Waals surface area contributed by atoms with E-state index in [-0.39, 0.29) is 6.10 Å². The van der Waals surface area contributed by atoms with E-state index in [1.54, 1.807) is 0 Å². The fourth-order valence-electron chi connectivity index (χ4n) is 7.60. The summed E-state index contributed by atoms with van der Waals surface area (Å²) in [5.41, 5.74) is 0.882. The number of ketones is 1. The van der Waals surface area contributed by atoms with E-state index in [0.717, 1.165) is 49.4 Å². The first-order valence-corrected chi connectivity index (χ1v) is 10.0. The lowest BCUT2D eigenvalue weighted by atomic mass is 9.45. The zero-order valence-electron chi connectivity index (χ0n) is 15.2. The number of Topliss-reactive ketones (excluding diaryl/α,β-unsaturated/α-hetero) is 1. The van der Waals surface area contributed by atoms with Crippen molar-refractivity contribution >= 4 is 5.78 Å². The van der Waals surface area contributed by atoms with Crippen LogP contribution < -0.4 is 0 Å². The Morgan fingerprint density at radius 3 is 2.52 bits per heavy atom. The van der Waals surface area contributed by atoms with Crippen molar-refractivity contribution in [1.82, 2.24) is 0 Å². The van der Waals surface area contributed by atoms with Gasteiger partial charge in [-0.1, -0.05) is 13.8 Å². The number of rotatable bonds is 1. The second kappa shape index (κ2) is 5.31. The van der Waals surface area contributed by atoms with Crippen LogP contribution in [0.3, 0.4) is 0 Å². The first-order chi connectivity index (χ1) is 10.8. The zero-order valence-corrected chi connectivity index (χ0v) is 15.2. The van der Waals surface area contributed by atoms with Crippen LogP contribution in [0.4, 0.5) is 0 Å². The third-order valence-corrected chi connectivity index (χ3v) is 8.98. The highest BCUT2D eigenvalue weighted by atomic mass is 16.3. The zero-order chi connectivity index (χ0) is 16.4. The molecule has 0 aliphatic heterocycles. The molecule has 8 atom stereocenters. The molecule has 4 saturated carbocycles. The van der Waals surface area contributed by atoms with Gasteiger partial charge in [-0.3, -0.25) is 4.79 Å². The van der Waals surface area contributed by atoms with Crippen LogP contribution in [0.25, 0.3) is 0 Å². The summed E-state index contributed by atoms with van der Waals surface area (Å²) in [6, 6.07) is 0. The van der Waals surface area contributed by atoms with Crippen LogP contribution in [0.15, 0.2) is 0 Å². The average molecular weight is 319 g/mol. The molecule has 23 heavy (non-hydrogen) atoms. The highest BCUT2D eigenvalue weighted by Crippen LogP contribution is 2.66. The minimum Gasteiger partial charge on any atom is -0.393 e. The van der Waals surface area contributed by atoms with Gasteiger partial charge >= 0.3 is 0 Å². The molecule has 0 unspecified atom stereocenters. The summed E-state index contributed by atoms with van der Waals surface area (Å²) in [7, 11) is 0. The molecule has 4 aliphatic rings. The van der Waals surface area contributed by atoms with Gasteiger partial charge in [0.05, 0.1) is 6.10 Å². The van der Waals surface area contributed by atoms with Crippen molar-refractivity contribution in [3.05, 3.63) is 0 Å². The second-order valence-electron chi connectivity index (χ2n) is 10.0. The van der Waals surface area contributed by atoms with Crippen LogP contribution in [0, 0.1) is 40.4 Å². The first-order valence-electron chi connectivity index (χ1n) is 10.0. The Morgan fingerprint density at radius 1 is 1.00 bits per heavy atom. The smallest absolute Gasteiger partial charge is 0.132 e. The molecule has 4 rings (SSSR count). The summed E-state index contributed by atoms with van der Waals surface area (Å²) in [6.45, 7) is 6.83. The van der Waals surface area contributed by atoms with Crippen molar-refractivity contribution in [2.75, 3.05) is 0 Å². The molecule has 0 amide bonds. The summed E-state index contributed by atoms with van der Waals surface area (Å²) < 4.78 is 0. The average Bonchev–Trinajstić information content (AvgIpc) is 2.86. The molecule has 0 aromatic rings. The minimum atomic E-state index is -0.0490. The summed E-state index contributed by atoms with van der Waals surface area (Å²) in [4.78, 5) is 12.0. The Bertz CT molecular complexity index is 500. The lowest BCUT2D eigenvalue weighted by Gasteiger charge is -2.60. The van der Waals surface area contributed by atoms with Gasteiger partial charge in [0, 0.05) is 5.92 Å². The molecular formula is C21H34O2. The van der Waals surface area contributed by atoms with Gasteiger partial charge in [-0.15, -0.1) is 0 Å². The molecule has 0 spiro atoms. The predicted molar refractivity (Wildman–Crippen MR) is 91.9 cm³/mol. The Labute approximate surface area is 141 Å². The Morgan fingerprint density at radius 2 is 1.78 bits per heavy atom. The van der Waals surface area contributed by atoms with Crippen LogP contribution in [-0.4, -0.2) is 17.0 Å². The number of hydrogen-bond donors (Lipinski definition) is 1. The maximum Gasteiger partial charge on any atom is 0.132 e. The topological polar surface area (TPSA) is 37.3 Å². The summed E-state index contributed by atoms with van der Waals surface area (Å²) in [5, 5.41) is 10.1. The monoisotopic (exact) mass is 318 g/mol. The number of carbonyl (C=O) groups excluding carboxylic acids is 1. The number of aliphatic hydroxyl groups is 1. The molecule has 0 aromatic heterocycles. The predicted octanol–water partition coefficient (Wildman–Crippen LogP) is 4.60. The largest absolute Gasteiger partial charge is 0.393 e.